The Labute approximate surface area is 114 Å². The molecule has 0 nitrogen and oxygen atoms in total. The number of fused-ring (bicyclic) bond motifs is 3. The van der Waals surface area contributed by atoms with E-state index in [1.165, 1.54) is 50.9 Å². The normalized spacial score (nSPS) is 11.8. The molecule has 3 aromatic rings. The lowest BCUT2D eigenvalue weighted by Gasteiger charge is -1.96. The molecule has 0 bridgehead atoms. The predicted octanol–water partition coefficient (Wildman–Crippen LogP) is 6.30. The Bertz CT molecular complexity index is 612. The van der Waals surface area contributed by atoms with Crippen LogP contribution in [-0.2, 0) is 6.42 Å². The number of thiophene rings is 3. The fourth-order valence-corrected chi connectivity index (χ4v) is 5.89. The minimum absolute atomic E-state index is 1.28. The number of hydrogen-bond acceptors (Lipinski definition) is 3. The van der Waals surface area contributed by atoms with E-state index in [9.17, 15) is 0 Å². The molecule has 0 radical (unpaired) electrons. The van der Waals surface area contributed by atoms with Gasteiger partial charge in [0, 0.05) is 15.0 Å². The van der Waals surface area contributed by atoms with Crippen LogP contribution in [0.2, 0.25) is 0 Å². The standard InChI is InChI=1S/C14H16S3/c1-2-3-4-5-6-10-9-12-13(16-10)11-7-8-15-14(11)17-12/h7-9H,2-6H2,1H3. The highest BCUT2D eigenvalue weighted by Gasteiger charge is 2.09. The van der Waals surface area contributed by atoms with E-state index in [1.807, 2.05) is 34.0 Å². The van der Waals surface area contributed by atoms with E-state index in [1.54, 1.807) is 4.88 Å². The first kappa shape index (κ1) is 11.7. The summed E-state index contributed by atoms with van der Waals surface area (Å²) < 4.78 is 4.52. The summed E-state index contributed by atoms with van der Waals surface area (Å²) in [7, 11) is 0. The Balaban J connectivity index is 1.79. The third-order valence-corrected chi connectivity index (χ3v) is 6.65. The van der Waals surface area contributed by atoms with Gasteiger partial charge in [-0.1, -0.05) is 26.2 Å². The average Bonchev–Trinajstić information content (AvgIpc) is 2.95. The van der Waals surface area contributed by atoms with Crippen LogP contribution < -0.4 is 0 Å². The molecule has 0 atom stereocenters. The smallest absolute Gasteiger partial charge is 0.0885 e. The molecule has 0 aliphatic rings. The molecular formula is C14H16S3. The monoisotopic (exact) mass is 280 g/mol. The van der Waals surface area contributed by atoms with Crippen molar-refractivity contribution in [2.24, 2.45) is 0 Å². The first-order valence-corrected chi connectivity index (χ1v) is 8.78. The molecule has 0 aliphatic heterocycles. The molecule has 90 valence electrons. The Morgan fingerprint density at radius 3 is 2.94 bits per heavy atom. The fourth-order valence-electron chi connectivity index (χ4n) is 2.18. The van der Waals surface area contributed by atoms with Crippen LogP contribution in [-0.4, -0.2) is 0 Å². The molecule has 0 aromatic carbocycles. The quantitative estimate of drug-likeness (QED) is 0.481. The summed E-state index contributed by atoms with van der Waals surface area (Å²) in [6.45, 7) is 2.27. The van der Waals surface area contributed by atoms with Crippen LogP contribution in [0.4, 0.5) is 0 Å². The van der Waals surface area contributed by atoms with Crippen molar-refractivity contribution in [3.05, 3.63) is 22.4 Å². The van der Waals surface area contributed by atoms with Gasteiger partial charge >= 0.3 is 0 Å². The summed E-state index contributed by atoms with van der Waals surface area (Å²) in [6, 6.07) is 4.69. The van der Waals surface area contributed by atoms with Crippen LogP contribution in [0.15, 0.2) is 17.5 Å². The van der Waals surface area contributed by atoms with Gasteiger partial charge in [0.1, 0.15) is 0 Å². The van der Waals surface area contributed by atoms with Crippen molar-refractivity contribution in [2.75, 3.05) is 0 Å². The maximum absolute atomic E-state index is 2.42. The van der Waals surface area contributed by atoms with Crippen molar-refractivity contribution < 1.29 is 0 Å². The topological polar surface area (TPSA) is 0 Å². The second kappa shape index (κ2) is 5.09. The van der Waals surface area contributed by atoms with E-state index < -0.39 is 0 Å². The van der Waals surface area contributed by atoms with Gasteiger partial charge in [0.25, 0.3) is 0 Å². The zero-order chi connectivity index (χ0) is 11.7. The van der Waals surface area contributed by atoms with Crippen molar-refractivity contribution in [3.63, 3.8) is 0 Å². The number of hydrogen-bond donors (Lipinski definition) is 0. The molecule has 3 aromatic heterocycles. The summed E-state index contributed by atoms with van der Waals surface area (Å²) in [6.07, 6.45) is 6.73. The molecule has 3 heteroatoms. The molecule has 0 fully saturated rings. The highest BCUT2D eigenvalue weighted by Crippen LogP contribution is 2.42. The first-order chi connectivity index (χ1) is 8.38. The fraction of sp³-hybridized carbons (Fsp3) is 0.429. The SMILES string of the molecule is CCCCCCc1cc2sc3sccc3c2s1. The van der Waals surface area contributed by atoms with Crippen molar-refractivity contribution >= 4 is 52.8 Å². The molecule has 0 aliphatic carbocycles. The lowest BCUT2D eigenvalue weighted by molar-refractivity contribution is 0.670. The summed E-state index contributed by atoms with van der Waals surface area (Å²) in [4.78, 5) is 1.58. The minimum Gasteiger partial charge on any atom is -0.139 e. The van der Waals surface area contributed by atoms with Crippen molar-refractivity contribution in [3.8, 4) is 0 Å². The predicted molar refractivity (Wildman–Crippen MR) is 82.9 cm³/mol. The maximum atomic E-state index is 2.42. The zero-order valence-electron chi connectivity index (χ0n) is 9.99. The molecule has 0 saturated carbocycles. The zero-order valence-corrected chi connectivity index (χ0v) is 12.4. The van der Waals surface area contributed by atoms with Gasteiger partial charge in [0.05, 0.1) is 8.71 Å². The molecule has 3 rings (SSSR count). The van der Waals surface area contributed by atoms with Crippen LogP contribution >= 0.6 is 34.0 Å². The van der Waals surface area contributed by atoms with Crippen molar-refractivity contribution in [2.45, 2.75) is 39.0 Å². The third kappa shape index (κ3) is 2.28. The van der Waals surface area contributed by atoms with E-state index in [4.69, 9.17) is 0 Å². The lowest BCUT2D eigenvalue weighted by Crippen LogP contribution is -1.80. The van der Waals surface area contributed by atoms with Gasteiger partial charge in [0.15, 0.2) is 0 Å². The molecule has 3 heterocycles. The number of aryl methyl sites for hydroxylation is 1. The van der Waals surface area contributed by atoms with Crippen LogP contribution in [0, 0.1) is 0 Å². The van der Waals surface area contributed by atoms with Gasteiger partial charge in [-0.15, -0.1) is 34.0 Å². The Kier molecular flexibility index (Phi) is 3.50. The van der Waals surface area contributed by atoms with Gasteiger partial charge < -0.3 is 0 Å². The third-order valence-electron chi connectivity index (χ3n) is 3.10. The second-order valence-corrected chi connectivity index (χ2v) is 7.80. The molecule has 0 amide bonds. The molecular weight excluding hydrogens is 264 g/mol. The lowest BCUT2D eigenvalue weighted by atomic mass is 10.1. The van der Waals surface area contributed by atoms with Crippen LogP contribution in [0.5, 0.6) is 0 Å². The molecule has 0 N–H and O–H groups in total. The Hall–Kier alpha value is -0.380. The molecule has 0 spiro atoms. The number of rotatable bonds is 5. The highest BCUT2D eigenvalue weighted by molar-refractivity contribution is 7.43. The largest absolute Gasteiger partial charge is 0.139 e. The molecule has 0 saturated heterocycles. The van der Waals surface area contributed by atoms with Crippen LogP contribution in [0.1, 0.15) is 37.5 Å². The van der Waals surface area contributed by atoms with Gasteiger partial charge in [-0.25, -0.2) is 0 Å². The summed E-state index contributed by atoms with van der Waals surface area (Å²) >= 11 is 5.85. The molecule has 0 unspecified atom stereocenters. The maximum Gasteiger partial charge on any atom is 0.0885 e. The van der Waals surface area contributed by atoms with Gasteiger partial charge in [-0.2, -0.15) is 0 Å². The van der Waals surface area contributed by atoms with E-state index in [0.29, 0.717) is 0 Å². The second-order valence-electron chi connectivity index (χ2n) is 4.44. The van der Waals surface area contributed by atoms with Crippen LogP contribution in [0.3, 0.4) is 0 Å². The average molecular weight is 280 g/mol. The van der Waals surface area contributed by atoms with Gasteiger partial charge in [-0.05, 0) is 30.4 Å². The summed E-state index contributed by atoms with van der Waals surface area (Å²) in [5.74, 6) is 0. The van der Waals surface area contributed by atoms with E-state index in [0.717, 1.165) is 0 Å². The summed E-state index contributed by atoms with van der Waals surface area (Å²) in [5.41, 5.74) is 0. The van der Waals surface area contributed by atoms with Crippen LogP contribution in [0.25, 0.3) is 18.8 Å². The Morgan fingerprint density at radius 2 is 2.06 bits per heavy atom. The van der Waals surface area contributed by atoms with E-state index in [-0.39, 0.29) is 0 Å². The van der Waals surface area contributed by atoms with Gasteiger partial charge in [-0.3, -0.25) is 0 Å². The minimum atomic E-state index is 1.28. The summed E-state index contributed by atoms with van der Waals surface area (Å²) in [5, 5.41) is 3.70. The highest BCUT2D eigenvalue weighted by atomic mass is 32.2. The van der Waals surface area contributed by atoms with E-state index >= 15 is 0 Å². The first-order valence-electron chi connectivity index (χ1n) is 6.27. The van der Waals surface area contributed by atoms with Crippen molar-refractivity contribution in [1.82, 2.24) is 0 Å². The Morgan fingerprint density at radius 1 is 1.12 bits per heavy atom. The molecule has 17 heavy (non-hydrogen) atoms. The van der Waals surface area contributed by atoms with Gasteiger partial charge in [0.2, 0.25) is 0 Å². The number of unbranched alkanes of at least 4 members (excludes halogenated alkanes) is 3. The van der Waals surface area contributed by atoms with E-state index in [2.05, 4.69) is 24.4 Å². The van der Waals surface area contributed by atoms with Crippen molar-refractivity contribution in [1.29, 1.82) is 0 Å².